The number of rotatable bonds is 3. The number of piperazine rings is 1. The summed E-state index contributed by atoms with van der Waals surface area (Å²) in [6, 6.07) is 2.96. The molecule has 0 saturated carbocycles. The van der Waals surface area contributed by atoms with Crippen molar-refractivity contribution in [3.8, 4) is 5.75 Å². The van der Waals surface area contributed by atoms with E-state index < -0.39 is 11.7 Å². The molecule has 0 aromatic heterocycles. The first kappa shape index (κ1) is 15.1. The minimum absolute atomic E-state index is 0.0663. The SMILES string of the molecule is CC[C@H](c1cc(C(F)(F)F)ccc1O)N1CCNCC1. The van der Waals surface area contributed by atoms with Crippen molar-refractivity contribution in [1.29, 1.82) is 0 Å². The van der Waals surface area contributed by atoms with Gasteiger partial charge in [-0.1, -0.05) is 6.92 Å². The lowest BCUT2D eigenvalue weighted by Crippen LogP contribution is -2.45. The molecule has 6 heteroatoms. The van der Waals surface area contributed by atoms with Gasteiger partial charge < -0.3 is 10.4 Å². The lowest BCUT2D eigenvalue weighted by atomic mass is 9.98. The molecule has 0 spiro atoms. The summed E-state index contributed by atoms with van der Waals surface area (Å²) >= 11 is 0. The number of halogens is 3. The van der Waals surface area contributed by atoms with Gasteiger partial charge in [0.25, 0.3) is 0 Å². The van der Waals surface area contributed by atoms with Crippen LogP contribution in [0.4, 0.5) is 13.2 Å². The molecule has 2 rings (SSSR count). The highest BCUT2D eigenvalue weighted by atomic mass is 19.4. The molecule has 1 aliphatic rings. The normalized spacial score (nSPS) is 19.0. The molecule has 3 nitrogen and oxygen atoms in total. The predicted octanol–water partition coefficient (Wildman–Crippen LogP) is 2.77. The van der Waals surface area contributed by atoms with Crippen LogP contribution in [0.25, 0.3) is 0 Å². The summed E-state index contributed by atoms with van der Waals surface area (Å²) in [5.41, 5.74) is -0.344. The Balaban J connectivity index is 2.32. The van der Waals surface area contributed by atoms with Crippen molar-refractivity contribution in [3.63, 3.8) is 0 Å². The fraction of sp³-hybridized carbons (Fsp3) is 0.571. The van der Waals surface area contributed by atoms with Crippen LogP contribution in [0, 0.1) is 0 Å². The summed E-state index contributed by atoms with van der Waals surface area (Å²) in [5.74, 6) is -0.0663. The zero-order valence-electron chi connectivity index (χ0n) is 11.4. The molecule has 1 aromatic carbocycles. The van der Waals surface area contributed by atoms with Crippen LogP contribution in [0.15, 0.2) is 18.2 Å². The summed E-state index contributed by atoms with van der Waals surface area (Å²) in [6.07, 6.45) is -3.72. The second kappa shape index (κ2) is 6.01. The molecule has 0 unspecified atom stereocenters. The van der Waals surface area contributed by atoms with E-state index in [1.165, 1.54) is 0 Å². The van der Waals surface area contributed by atoms with Gasteiger partial charge in [-0.25, -0.2) is 0 Å². The van der Waals surface area contributed by atoms with E-state index in [1.54, 1.807) is 0 Å². The van der Waals surface area contributed by atoms with Crippen LogP contribution in [-0.4, -0.2) is 36.2 Å². The Morgan fingerprint density at radius 3 is 2.50 bits per heavy atom. The Morgan fingerprint density at radius 2 is 1.95 bits per heavy atom. The Morgan fingerprint density at radius 1 is 1.30 bits per heavy atom. The van der Waals surface area contributed by atoms with E-state index >= 15 is 0 Å². The number of hydrogen-bond acceptors (Lipinski definition) is 3. The first-order valence-electron chi connectivity index (χ1n) is 6.78. The van der Waals surface area contributed by atoms with Crippen molar-refractivity contribution in [1.82, 2.24) is 10.2 Å². The number of phenols is 1. The minimum Gasteiger partial charge on any atom is -0.508 e. The second-order valence-electron chi connectivity index (χ2n) is 4.98. The van der Waals surface area contributed by atoms with Gasteiger partial charge in [0.05, 0.1) is 5.56 Å². The van der Waals surface area contributed by atoms with Crippen molar-refractivity contribution in [2.45, 2.75) is 25.6 Å². The molecule has 112 valence electrons. The molecule has 0 bridgehead atoms. The van der Waals surface area contributed by atoms with Gasteiger partial charge in [-0.2, -0.15) is 13.2 Å². The van der Waals surface area contributed by atoms with Crippen molar-refractivity contribution in [3.05, 3.63) is 29.3 Å². The molecule has 1 aromatic rings. The molecule has 0 amide bonds. The number of benzene rings is 1. The van der Waals surface area contributed by atoms with Gasteiger partial charge in [0.1, 0.15) is 5.75 Å². The van der Waals surface area contributed by atoms with Crippen LogP contribution in [0.1, 0.15) is 30.5 Å². The standard InChI is InChI=1S/C14H19F3N2O/c1-2-12(19-7-5-18-6-8-19)11-9-10(14(15,16)17)3-4-13(11)20/h3-4,9,12,18,20H,2,5-8H2,1H3/t12-/m1/s1. The second-order valence-corrected chi connectivity index (χ2v) is 4.98. The van der Waals surface area contributed by atoms with Crippen molar-refractivity contribution in [2.75, 3.05) is 26.2 Å². The molecular formula is C14H19F3N2O. The number of phenolic OH excluding ortho intramolecular Hbond substituents is 1. The zero-order chi connectivity index (χ0) is 14.8. The monoisotopic (exact) mass is 288 g/mol. The Labute approximate surface area is 116 Å². The molecule has 1 aliphatic heterocycles. The van der Waals surface area contributed by atoms with E-state index in [0.717, 1.165) is 44.4 Å². The Bertz CT molecular complexity index is 456. The highest BCUT2D eigenvalue weighted by Crippen LogP contribution is 2.37. The smallest absolute Gasteiger partial charge is 0.416 e. The third-order valence-corrected chi connectivity index (χ3v) is 3.69. The molecule has 1 fully saturated rings. The van der Waals surface area contributed by atoms with Gasteiger partial charge in [0, 0.05) is 37.8 Å². The fourth-order valence-electron chi connectivity index (χ4n) is 2.67. The van der Waals surface area contributed by atoms with Crippen LogP contribution in [0.2, 0.25) is 0 Å². The third-order valence-electron chi connectivity index (χ3n) is 3.69. The summed E-state index contributed by atoms with van der Waals surface area (Å²) in [6.45, 7) is 5.10. The van der Waals surface area contributed by atoms with Crippen LogP contribution in [0.5, 0.6) is 5.75 Å². The molecule has 1 atom stereocenters. The maximum absolute atomic E-state index is 12.8. The van der Waals surface area contributed by atoms with Crippen molar-refractivity contribution < 1.29 is 18.3 Å². The maximum atomic E-state index is 12.8. The van der Waals surface area contributed by atoms with Crippen molar-refractivity contribution >= 4 is 0 Å². The lowest BCUT2D eigenvalue weighted by molar-refractivity contribution is -0.137. The van der Waals surface area contributed by atoms with Crippen LogP contribution < -0.4 is 5.32 Å². The van der Waals surface area contributed by atoms with Crippen LogP contribution in [-0.2, 0) is 6.18 Å². The fourth-order valence-corrected chi connectivity index (χ4v) is 2.67. The van der Waals surface area contributed by atoms with E-state index in [-0.39, 0.29) is 11.8 Å². The summed E-state index contributed by atoms with van der Waals surface area (Å²) in [4.78, 5) is 2.12. The average molecular weight is 288 g/mol. The molecule has 0 radical (unpaired) electrons. The van der Waals surface area contributed by atoms with E-state index in [2.05, 4.69) is 10.2 Å². The highest BCUT2D eigenvalue weighted by Gasteiger charge is 2.32. The zero-order valence-corrected chi connectivity index (χ0v) is 11.4. The first-order valence-corrected chi connectivity index (χ1v) is 6.78. The molecular weight excluding hydrogens is 269 g/mol. The highest BCUT2D eigenvalue weighted by molar-refractivity contribution is 5.39. The molecule has 2 N–H and O–H groups in total. The summed E-state index contributed by atoms with van der Waals surface area (Å²) < 4.78 is 38.4. The van der Waals surface area contributed by atoms with Crippen molar-refractivity contribution in [2.24, 2.45) is 0 Å². The van der Waals surface area contributed by atoms with E-state index in [0.29, 0.717) is 12.0 Å². The number of alkyl halides is 3. The summed E-state index contributed by atoms with van der Waals surface area (Å²) in [7, 11) is 0. The molecule has 1 heterocycles. The average Bonchev–Trinajstić information content (AvgIpc) is 2.41. The number of aromatic hydroxyl groups is 1. The van der Waals surface area contributed by atoms with Gasteiger partial charge in [-0.3, -0.25) is 4.90 Å². The topological polar surface area (TPSA) is 35.5 Å². The van der Waals surface area contributed by atoms with Crippen LogP contribution >= 0.6 is 0 Å². The minimum atomic E-state index is -4.38. The van der Waals surface area contributed by atoms with E-state index in [4.69, 9.17) is 0 Å². The van der Waals surface area contributed by atoms with Gasteiger partial charge in [-0.15, -0.1) is 0 Å². The largest absolute Gasteiger partial charge is 0.508 e. The van der Waals surface area contributed by atoms with E-state index in [1.807, 2.05) is 6.92 Å². The van der Waals surface area contributed by atoms with Gasteiger partial charge >= 0.3 is 6.18 Å². The molecule has 20 heavy (non-hydrogen) atoms. The number of hydrogen-bond donors (Lipinski definition) is 2. The Kier molecular flexibility index (Phi) is 4.55. The van der Waals surface area contributed by atoms with Gasteiger partial charge in [0.2, 0.25) is 0 Å². The summed E-state index contributed by atoms with van der Waals surface area (Å²) in [5, 5.41) is 13.1. The lowest BCUT2D eigenvalue weighted by Gasteiger charge is -2.35. The predicted molar refractivity (Wildman–Crippen MR) is 70.6 cm³/mol. The maximum Gasteiger partial charge on any atom is 0.416 e. The number of nitrogens with zero attached hydrogens (tertiary/aromatic N) is 1. The van der Waals surface area contributed by atoms with Gasteiger partial charge in [-0.05, 0) is 24.6 Å². The quantitative estimate of drug-likeness (QED) is 0.897. The molecule has 0 aliphatic carbocycles. The third kappa shape index (κ3) is 3.24. The Hall–Kier alpha value is -1.27. The number of nitrogens with one attached hydrogen (secondary N) is 1. The van der Waals surface area contributed by atoms with Gasteiger partial charge in [0.15, 0.2) is 0 Å². The van der Waals surface area contributed by atoms with Crippen LogP contribution in [0.3, 0.4) is 0 Å². The molecule has 1 saturated heterocycles. The van der Waals surface area contributed by atoms with E-state index in [9.17, 15) is 18.3 Å². The first-order chi connectivity index (χ1) is 9.43.